The lowest BCUT2D eigenvalue weighted by molar-refractivity contribution is 0.0940. The topological polar surface area (TPSA) is 38.3 Å². The third-order valence-corrected chi connectivity index (χ3v) is 4.40. The first-order valence-corrected chi connectivity index (χ1v) is 8.28. The summed E-state index contributed by atoms with van der Waals surface area (Å²) in [6.45, 7) is 1.96. The van der Waals surface area contributed by atoms with Gasteiger partial charge in [-0.1, -0.05) is 12.1 Å². The summed E-state index contributed by atoms with van der Waals surface area (Å²) in [5.41, 5.74) is 1.68. The van der Waals surface area contributed by atoms with Crippen molar-refractivity contribution in [3.8, 4) is 5.75 Å². The predicted octanol–water partition coefficient (Wildman–Crippen LogP) is 4.55. The van der Waals surface area contributed by atoms with Gasteiger partial charge in [0.05, 0.1) is 17.6 Å². The van der Waals surface area contributed by atoms with Crippen molar-refractivity contribution in [3.05, 3.63) is 61.6 Å². The van der Waals surface area contributed by atoms with Crippen molar-refractivity contribution in [3.63, 3.8) is 0 Å². The third-order valence-electron chi connectivity index (χ3n) is 3.11. The van der Waals surface area contributed by atoms with Gasteiger partial charge in [0.1, 0.15) is 5.75 Å². The van der Waals surface area contributed by atoms with Crippen LogP contribution in [0.5, 0.6) is 5.75 Å². The summed E-state index contributed by atoms with van der Waals surface area (Å²) in [6, 6.07) is 13.2. The SMILES string of the molecule is COc1ccc(C(C)NC(=O)c2cccc(I)c2)cc1Br. The van der Waals surface area contributed by atoms with Crippen molar-refractivity contribution < 1.29 is 9.53 Å². The van der Waals surface area contributed by atoms with Crippen molar-refractivity contribution in [2.45, 2.75) is 13.0 Å². The molecule has 2 aromatic carbocycles. The molecule has 5 heteroatoms. The van der Waals surface area contributed by atoms with Gasteiger partial charge in [-0.3, -0.25) is 4.79 Å². The van der Waals surface area contributed by atoms with Crippen LogP contribution in [-0.4, -0.2) is 13.0 Å². The number of carbonyl (C=O) groups excluding carboxylic acids is 1. The summed E-state index contributed by atoms with van der Waals surface area (Å²) in [6.07, 6.45) is 0. The molecule has 21 heavy (non-hydrogen) atoms. The van der Waals surface area contributed by atoms with Crippen LogP contribution >= 0.6 is 38.5 Å². The molecule has 0 aliphatic carbocycles. The molecule has 2 aromatic rings. The van der Waals surface area contributed by atoms with E-state index in [9.17, 15) is 4.79 Å². The number of ether oxygens (including phenoxy) is 1. The number of hydrogen-bond acceptors (Lipinski definition) is 2. The Hall–Kier alpha value is -1.08. The number of nitrogens with one attached hydrogen (secondary N) is 1. The fourth-order valence-electron chi connectivity index (χ4n) is 1.94. The average molecular weight is 460 g/mol. The van der Waals surface area contributed by atoms with Crippen LogP contribution in [0.2, 0.25) is 0 Å². The zero-order chi connectivity index (χ0) is 15.4. The van der Waals surface area contributed by atoms with E-state index in [1.54, 1.807) is 7.11 Å². The molecule has 2 rings (SSSR count). The zero-order valence-corrected chi connectivity index (χ0v) is 15.4. The van der Waals surface area contributed by atoms with Crippen LogP contribution in [0.25, 0.3) is 0 Å². The van der Waals surface area contributed by atoms with Crippen molar-refractivity contribution >= 4 is 44.4 Å². The van der Waals surface area contributed by atoms with Crippen LogP contribution in [0.1, 0.15) is 28.9 Å². The Morgan fingerprint density at radius 1 is 1.29 bits per heavy atom. The highest BCUT2D eigenvalue weighted by Gasteiger charge is 2.13. The van der Waals surface area contributed by atoms with E-state index in [1.807, 2.05) is 49.4 Å². The maximum Gasteiger partial charge on any atom is 0.251 e. The second-order valence-corrected chi connectivity index (χ2v) is 6.70. The number of benzene rings is 2. The number of carbonyl (C=O) groups is 1. The molecule has 1 unspecified atom stereocenters. The fourth-order valence-corrected chi connectivity index (χ4v) is 3.05. The van der Waals surface area contributed by atoms with Crippen molar-refractivity contribution in [1.29, 1.82) is 0 Å². The van der Waals surface area contributed by atoms with Crippen molar-refractivity contribution in [1.82, 2.24) is 5.32 Å². The average Bonchev–Trinajstić information content (AvgIpc) is 2.47. The number of rotatable bonds is 4. The quantitative estimate of drug-likeness (QED) is 0.681. The summed E-state index contributed by atoms with van der Waals surface area (Å²) in [5, 5.41) is 3.00. The van der Waals surface area contributed by atoms with Gasteiger partial charge in [-0.15, -0.1) is 0 Å². The van der Waals surface area contributed by atoms with E-state index < -0.39 is 0 Å². The highest BCUT2D eigenvalue weighted by Crippen LogP contribution is 2.28. The summed E-state index contributed by atoms with van der Waals surface area (Å²) in [4.78, 5) is 12.2. The molecule has 110 valence electrons. The van der Waals surface area contributed by atoms with Gasteiger partial charge in [0.15, 0.2) is 0 Å². The Kier molecular flexibility index (Phi) is 5.64. The Labute approximate surface area is 146 Å². The van der Waals surface area contributed by atoms with Crippen LogP contribution in [0, 0.1) is 3.57 Å². The van der Waals surface area contributed by atoms with Crippen LogP contribution in [0.15, 0.2) is 46.9 Å². The molecule has 0 saturated heterocycles. The normalized spacial score (nSPS) is 11.8. The number of halogens is 2. The highest BCUT2D eigenvalue weighted by atomic mass is 127. The molecule has 3 nitrogen and oxygen atoms in total. The summed E-state index contributed by atoms with van der Waals surface area (Å²) < 4.78 is 7.12. The van der Waals surface area contributed by atoms with Gasteiger partial charge in [-0.05, 0) is 81.3 Å². The zero-order valence-electron chi connectivity index (χ0n) is 11.7. The standard InChI is InChI=1S/C16H15BrINO2/c1-10(11-6-7-15(21-2)14(17)9-11)19-16(20)12-4-3-5-13(18)8-12/h3-10H,1-2H3,(H,19,20). The van der Waals surface area contributed by atoms with Gasteiger partial charge in [-0.2, -0.15) is 0 Å². The minimum absolute atomic E-state index is 0.0760. The van der Waals surface area contributed by atoms with Gasteiger partial charge < -0.3 is 10.1 Å². The van der Waals surface area contributed by atoms with Crippen LogP contribution in [0.3, 0.4) is 0 Å². The minimum Gasteiger partial charge on any atom is -0.496 e. The Morgan fingerprint density at radius 3 is 2.67 bits per heavy atom. The molecular weight excluding hydrogens is 445 g/mol. The second kappa shape index (κ2) is 7.26. The number of hydrogen-bond donors (Lipinski definition) is 1. The molecule has 0 heterocycles. The molecule has 0 aromatic heterocycles. The third kappa shape index (κ3) is 4.20. The second-order valence-electron chi connectivity index (χ2n) is 4.60. The Bertz CT molecular complexity index is 660. The molecule has 0 bridgehead atoms. The lowest BCUT2D eigenvalue weighted by atomic mass is 10.1. The van der Waals surface area contributed by atoms with E-state index in [0.717, 1.165) is 19.4 Å². The lowest BCUT2D eigenvalue weighted by Crippen LogP contribution is -2.26. The van der Waals surface area contributed by atoms with E-state index in [-0.39, 0.29) is 11.9 Å². The van der Waals surface area contributed by atoms with Gasteiger partial charge in [-0.25, -0.2) is 0 Å². The lowest BCUT2D eigenvalue weighted by Gasteiger charge is -2.16. The summed E-state index contributed by atoms with van der Waals surface area (Å²) >= 11 is 5.65. The van der Waals surface area contributed by atoms with Crippen LogP contribution < -0.4 is 10.1 Å². The number of methoxy groups -OCH3 is 1. The molecule has 1 amide bonds. The maximum atomic E-state index is 12.2. The first kappa shape index (κ1) is 16.3. The predicted molar refractivity (Wildman–Crippen MR) is 95.7 cm³/mol. The van der Waals surface area contributed by atoms with E-state index >= 15 is 0 Å². The monoisotopic (exact) mass is 459 g/mol. The molecule has 0 saturated carbocycles. The van der Waals surface area contributed by atoms with E-state index in [4.69, 9.17) is 4.74 Å². The highest BCUT2D eigenvalue weighted by molar-refractivity contribution is 14.1. The first-order chi connectivity index (χ1) is 10.0. The summed E-state index contributed by atoms with van der Waals surface area (Å²) in [7, 11) is 1.63. The van der Waals surface area contributed by atoms with Gasteiger partial charge >= 0.3 is 0 Å². The number of amides is 1. The van der Waals surface area contributed by atoms with E-state index in [0.29, 0.717) is 5.56 Å². The van der Waals surface area contributed by atoms with E-state index in [1.165, 1.54) is 0 Å². The molecule has 0 radical (unpaired) electrons. The van der Waals surface area contributed by atoms with E-state index in [2.05, 4.69) is 43.8 Å². The maximum absolute atomic E-state index is 12.2. The minimum atomic E-state index is -0.0856. The van der Waals surface area contributed by atoms with Gasteiger partial charge in [0.2, 0.25) is 0 Å². The molecule has 1 N–H and O–H groups in total. The Morgan fingerprint density at radius 2 is 2.05 bits per heavy atom. The molecule has 1 atom stereocenters. The molecule has 0 aliphatic rings. The summed E-state index contributed by atoms with van der Waals surface area (Å²) in [5.74, 6) is 0.697. The van der Waals surface area contributed by atoms with Crippen LogP contribution in [0.4, 0.5) is 0 Å². The molecule has 0 spiro atoms. The molecular formula is C16H15BrINO2. The van der Waals surface area contributed by atoms with Crippen LogP contribution in [-0.2, 0) is 0 Å². The first-order valence-electron chi connectivity index (χ1n) is 6.41. The Balaban J connectivity index is 2.12. The van der Waals surface area contributed by atoms with Crippen molar-refractivity contribution in [2.75, 3.05) is 7.11 Å². The van der Waals surface area contributed by atoms with Crippen molar-refractivity contribution in [2.24, 2.45) is 0 Å². The van der Waals surface area contributed by atoms with Gasteiger partial charge in [0, 0.05) is 9.13 Å². The van der Waals surface area contributed by atoms with Gasteiger partial charge in [0.25, 0.3) is 5.91 Å². The smallest absolute Gasteiger partial charge is 0.251 e. The fraction of sp³-hybridized carbons (Fsp3) is 0.188. The largest absolute Gasteiger partial charge is 0.496 e. The molecule has 0 fully saturated rings. The molecule has 0 aliphatic heterocycles.